The molecule has 2 N–H and O–H groups in total. The van der Waals surface area contributed by atoms with Crippen LogP contribution >= 0.6 is 11.6 Å². The van der Waals surface area contributed by atoms with Gasteiger partial charge in [-0.3, -0.25) is 4.79 Å². The lowest BCUT2D eigenvalue weighted by molar-refractivity contribution is -0.136. The van der Waals surface area contributed by atoms with Crippen molar-refractivity contribution in [1.29, 1.82) is 0 Å². The Morgan fingerprint density at radius 2 is 1.82 bits per heavy atom. The van der Waals surface area contributed by atoms with Crippen molar-refractivity contribution in [3.8, 4) is 11.3 Å². The maximum Gasteiger partial charge on any atom is 0.307 e. The van der Waals surface area contributed by atoms with Gasteiger partial charge in [-0.15, -0.1) is 0 Å². The Bertz CT molecular complexity index is 880. The largest absolute Gasteiger partial charge is 0.481 e. The number of nitrogens with one attached hydrogen (secondary N) is 1. The van der Waals surface area contributed by atoms with E-state index in [-0.39, 0.29) is 6.42 Å². The summed E-state index contributed by atoms with van der Waals surface area (Å²) >= 11 is 6.31. The van der Waals surface area contributed by atoms with Crippen molar-refractivity contribution in [2.75, 3.05) is 0 Å². The van der Waals surface area contributed by atoms with Gasteiger partial charge in [0.1, 0.15) is 0 Å². The first-order valence-corrected chi connectivity index (χ1v) is 7.44. The van der Waals surface area contributed by atoms with E-state index in [9.17, 15) is 9.90 Å². The number of rotatable bonds is 3. The number of aromatic amines is 1. The van der Waals surface area contributed by atoms with E-state index in [0.29, 0.717) is 5.02 Å². The second-order valence-corrected chi connectivity index (χ2v) is 5.89. The molecule has 1 heterocycles. The molecule has 0 aliphatic heterocycles. The van der Waals surface area contributed by atoms with Gasteiger partial charge in [0.2, 0.25) is 0 Å². The number of carbonyl (C=O) groups is 1. The van der Waals surface area contributed by atoms with Crippen molar-refractivity contribution in [2.45, 2.75) is 20.3 Å². The van der Waals surface area contributed by atoms with Crippen LogP contribution in [0.3, 0.4) is 0 Å². The van der Waals surface area contributed by atoms with Crippen LogP contribution in [0.15, 0.2) is 36.4 Å². The zero-order valence-corrected chi connectivity index (χ0v) is 13.2. The minimum atomic E-state index is -0.852. The van der Waals surface area contributed by atoms with Crippen LogP contribution in [0.5, 0.6) is 0 Å². The highest BCUT2D eigenvalue weighted by molar-refractivity contribution is 6.33. The van der Waals surface area contributed by atoms with Gasteiger partial charge in [-0.1, -0.05) is 41.9 Å². The highest BCUT2D eigenvalue weighted by Gasteiger charge is 2.19. The number of halogens is 1. The molecule has 112 valence electrons. The molecule has 3 rings (SSSR count). The average Bonchev–Trinajstić information content (AvgIpc) is 2.83. The Balaban J connectivity index is 2.39. The molecule has 0 aliphatic rings. The van der Waals surface area contributed by atoms with Gasteiger partial charge in [-0.05, 0) is 36.6 Å². The van der Waals surface area contributed by atoms with Gasteiger partial charge in [-0.25, -0.2) is 0 Å². The topological polar surface area (TPSA) is 53.1 Å². The summed E-state index contributed by atoms with van der Waals surface area (Å²) in [4.78, 5) is 14.7. The highest BCUT2D eigenvalue weighted by Crippen LogP contribution is 2.37. The van der Waals surface area contributed by atoms with E-state index < -0.39 is 5.97 Å². The van der Waals surface area contributed by atoms with Crippen LogP contribution in [0.2, 0.25) is 5.02 Å². The van der Waals surface area contributed by atoms with Gasteiger partial charge in [-0.2, -0.15) is 0 Å². The summed E-state index contributed by atoms with van der Waals surface area (Å²) in [6.07, 6.45) is -0.0369. The summed E-state index contributed by atoms with van der Waals surface area (Å²) in [5.74, 6) is -0.852. The van der Waals surface area contributed by atoms with Crippen LogP contribution in [0.4, 0.5) is 0 Å². The summed E-state index contributed by atoms with van der Waals surface area (Å²) < 4.78 is 0. The molecule has 0 atom stereocenters. The molecule has 0 bridgehead atoms. The number of aryl methyl sites for hydroxylation is 2. The van der Waals surface area contributed by atoms with Crippen molar-refractivity contribution in [1.82, 2.24) is 4.98 Å². The summed E-state index contributed by atoms with van der Waals surface area (Å²) in [5, 5.41) is 10.9. The summed E-state index contributed by atoms with van der Waals surface area (Å²) in [6, 6.07) is 11.5. The van der Waals surface area contributed by atoms with Crippen LogP contribution in [-0.2, 0) is 11.2 Å². The van der Waals surface area contributed by atoms with Crippen LogP contribution in [0, 0.1) is 13.8 Å². The highest BCUT2D eigenvalue weighted by atomic mass is 35.5. The number of aromatic nitrogens is 1. The molecule has 22 heavy (non-hydrogen) atoms. The molecule has 0 fully saturated rings. The fraction of sp³-hybridized carbons (Fsp3) is 0.167. The maximum absolute atomic E-state index is 11.3. The molecule has 0 saturated heterocycles. The average molecular weight is 314 g/mol. The lowest BCUT2D eigenvalue weighted by Gasteiger charge is -2.06. The zero-order chi connectivity index (χ0) is 15.9. The van der Waals surface area contributed by atoms with Gasteiger partial charge >= 0.3 is 5.97 Å². The van der Waals surface area contributed by atoms with E-state index in [1.807, 2.05) is 50.2 Å². The zero-order valence-electron chi connectivity index (χ0n) is 12.4. The summed E-state index contributed by atoms with van der Waals surface area (Å²) in [7, 11) is 0. The fourth-order valence-corrected chi connectivity index (χ4v) is 3.14. The Kier molecular flexibility index (Phi) is 3.67. The van der Waals surface area contributed by atoms with Gasteiger partial charge in [0.25, 0.3) is 0 Å². The minimum Gasteiger partial charge on any atom is -0.481 e. The quantitative estimate of drug-likeness (QED) is 0.734. The number of hydrogen-bond acceptors (Lipinski definition) is 1. The number of carboxylic acids is 1. The van der Waals surface area contributed by atoms with Crippen molar-refractivity contribution in [3.05, 3.63) is 58.1 Å². The van der Waals surface area contributed by atoms with Crippen LogP contribution in [0.25, 0.3) is 22.2 Å². The van der Waals surface area contributed by atoms with E-state index in [0.717, 1.165) is 38.9 Å². The smallest absolute Gasteiger partial charge is 0.307 e. The molecule has 2 aromatic carbocycles. The molecule has 4 heteroatoms. The summed E-state index contributed by atoms with van der Waals surface area (Å²) in [6.45, 7) is 4.01. The molecular weight excluding hydrogens is 298 g/mol. The molecule has 0 aliphatic carbocycles. The Morgan fingerprint density at radius 3 is 2.50 bits per heavy atom. The summed E-state index contributed by atoms with van der Waals surface area (Å²) in [5.41, 5.74) is 5.54. The van der Waals surface area contributed by atoms with E-state index in [2.05, 4.69) is 4.98 Å². The second kappa shape index (κ2) is 5.50. The van der Waals surface area contributed by atoms with Crippen molar-refractivity contribution < 1.29 is 9.90 Å². The monoisotopic (exact) mass is 313 g/mol. The molecule has 3 nitrogen and oxygen atoms in total. The Morgan fingerprint density at radius 1 is 1.14 bits per heavy atom. The Labute approximate surface area is 133 Å². The van der Waals surface area contributed by atoms with Gasteiger partial charge < -0.3 is 10.1 Å². The van der Waals surface area contributed by atoms with Crippen LogP contribution in [0.1, 0.15) is 16.7 Å². The molecule has 0 radical (unpaired) electrons. The molecule has 1 aromatic heterocycles. The van der Waals surface area contributed by atoms with E-state index in [1.54, 1.807) is 0 Å². The van der Waals surface area contributed by atoms with Crippen molar-refractivity contribution in [2.24, 2.45) is 0 Å². The van der Waals surface area contributed by atoms with Crippen LogP contribution in [-0.4, -0.2) is 16.1 Å². The number of hydrogen-bond donors (Lipinski definition) is 2. The van der Waals surface area contributed by atoms with Gasteiger partial charge in [0.05, 0.1) is 12.1 Å². The Hall–Kier alpha value is -2.26. The molecular formula is C18H16ClNO2. The third-order valence-corrected chi connectivity index (χ3v) is 4.28. The number of carboxylic acid groups (broad SMARTS) is 1. The van der Waals surface area contributed by atoms with E-state index in [4.69, 9.17) is 11.6 Å². The lowest BCUT2D eigenvalue weighted by atomic mass is 9.98. The molecule has 0 saturated carbocycles. The first-order chi connectivity index (χ1) is 10.5. The molecule has 3 aromatic rings. The SMILES string of the molecule is Cc1ccc(C)c2c(CC(=O)O)c(-c3ccccc3Cl)[nH]c12. The predicted molar refractivity (Wildman–Crippen MR) is 89.6 cm³/mol. The number of H-pyrrole nitrogens is 1. The first-order valence-electron chi connectivity index (χ1n) is 7.06. The van der Waals surface area contributed by atoms with Crippen molar-refractivity contribution >= 4 is 28.5 Å². The van der Waals surface area contributed by atoms with E-state index >= 15 is 0 Å². The van der Waals surface area contributed by atoms with E-state index in [1.165, 1.54) is 0 Å². The molecule has 0 amide bonds. The van der Waals surface area contributed by atoms with Gasteiger partial charge in [0, 0.05) is 21.5 Å². The second-order valence-electron chi connectivity index (χ2n) is 5.48. The standard InChI is InChI=1S/C18H16ClNO2/c1-10-7-8-11(2)17-16(10)13(9-15(21)22)18(20-17)12-5-3-4-6-14(12)19/h3-8,20H,9H2,1-2H3,(H,21,22). The minimum absolute atomic E-state index is 0.0369. The van der Waals surface area contributed by atoms with Gasteiger partial charge in [0.15, 0.2) is 0 Å². The first kappa shape index (κ1) is 14.7. The lowest BCUT2D eigenvalue weighted by Crippen LogP contribution is -2.01. The predicted octanol–water partition coefficient (Wildman–Crippen LogP) is 4.73. The molecule has 0 unspecified atom stereocenters. The van der Waals surface area contributed by atoms with Crippen LogP contribution < -0.4 is 0 Å². The molecule has 0 spiro atoms. The number of benzene rings is 2. The third-order valence-electron chi connectivity index (χ3n) is 3.95. The fourth-order valence-electron chi connectivity index (χ4n) is 2.91. The number of aliphatic carboxylic acids is 1. The third kappa shape index (κ3) is 2.38. The normalized spacial score (nSPS) is 11.0. The number of fused-ring (bicyclic) bond motifs is 1. The maximum atomic E-state index is 11.3. The van der Waals surface area contributed by atoms with Crippen molar-refractivity contribution in [3.63, 3.8) is 0 Å².